The number of nitrogens with zero attached hydrogens (tertiary/aromatic N) is 3. The van der Waals surface area contributed by atoms with Gasteiger partial charge in [-0.15, -0.1) is 0 Å². The SMILES string of the molecule is O=C(O)C(F)(F)F.O=C=N[C@@](NS(=O)(=O)c1ccc(-c2ccccc2)cc1)(C(=O)O)C(CCCNc1ccccn1)c1ccc2[nH]ncc2c1. The normalized spacial score (nSPS) is 13.2. The minimum absolute atomic E-state index is 0.135. The number of carbonyl (C=O) groups excluding carboxylic acids is 1. The van der Waals surface area contributed by atoms with E-state index in [0.717, 1.165) is 11.1 Å². The van der Waals surface area contributed by atoms with Crippen molar-refractivity contribution in [3.05, 3.63) is 109 Å². The molecule has 0 bridgehead atoms. The average molecular weight is 711 g/mol. The summed E-state index contributed by atoms with van der Waals surface area (Å²) in [5.41, 5.74) is 0.232. The summed E-state index contributed by atoms with van der Waals surface area (Å²) in [6, 6.07) is 25.9. The van der Waals surface area contributed by atoms with Crippen LogP contribution >= 0.6 is 0 Å². The van der Waals surface area contributed by atoms with Gasteiger partial charge < -0.3 is 15.5 Å². The Balaban J connectivity index is 0.000000727. The third-order valence-corrected chi connectivity index (χ3v) is 8.84. The molecule has 2 heterocycles. The number of carboxylic acid groups (broad SMARTS) is 2. The molecular weight excluding hydrogens is 681 g/mol. The molecule has 1 unspecified atom stereocenters. The highest BCUT2D eigenvalue weighted by Crippen LogP contribution is 2.37. The fourth-order valence-corrected chi connectivity index (χ4v) is 6.29. The van der Waals surface area contributed by atoms with Gasteiger partial charge in [-0.25, -0.2) is 27.8 Å². The number of aromatic nitrogens is 3. The first kappa shape index (κ1) is 36.9. The molecule has 0 radical (unpaired) electrons. The zero-order valence-corrected chi connectivity index (χ0v) is 26.6. The number of aliphatic carboxylic acids is 2. The predicted octanol–water partition coefficient (Wildman–Crippen LogP) is 5.33. The zero-order valence-electron chi connectivity index (χ0n) is 25.8. The van der Waals surface area contributed by atoms with E-state index in [9.17, 15) is 36.3 Å². The smallest absolute Gasteiger partial charge is 0.478 e. The number of alkyl halides is 3. The van der Waals surface area contributed by atoms with Crippen LogP contribution in [0, 0.1) is 0 Å². The summed E-state index contributed by atoms with van der Waals surface area (Å²) in [4.78, 5) is 41.3. The van der Waals surface area contributed by atoms with Gasteiger partial charge in [0.2, 0.25) is 21.8 Å². The maximum atomic E-state index is 13.7. The predicted molar refractivity (Wildman–Crippen MR) is 175 cm³/mol. The van der Waals surface area contributed by atoms with Crippen LogP contribution in [0.3, 0.4) is 0 Å². The lowest BCUT2D eigenvalue weighted by Crippen LogP contribution is -2.57. The molecule has 5 N–H and O–H groups in total. The van der Waals surface area contributed by atoms with Crippen molar-refractivity contribution in [3.8, 4) is 11.1 Å². The standard InChI is InChI=1S/C31H28N6O5S.C2HF3O2/c38-21-34-31(30(39)40,37-43(41,42)26-14-11-23(12-15-26)22-7-2-1-3-8-22)27(9-6-18-33-29-10-4-5-17-32-29)24-13-16-28-25(19-24)20-35-36-28;3-2(4,5)1(6)7/h1-5,7-8,10-17,19-20,27,37H,6,9,18H2,(H,32,33)(H,35,36)(H,39,40);(H,6,7)/t27?,31-;/m0./s1. The fourth-order valence-electron chi connectivity index (χ4n) is 4.99. The lowest BCUT2D eigenvalue weighted by molar-refractivity contribution is -0.192. The van der Waals surface area contributed by atoms with Crippen LogP contribution in [0.5, 0.6) is 0 Å². The van der Waals surface area contributed by atoms with Gasteiger partial charge in [0.1, 0.15) is 5.82 Å². The quantitative estimate of drug-likeness (QED) is 0.0604. The molecule has 0 aliphatic rings. The molecule has 0 amide bonds. The molecule has 13 nitrogen and oxygen atoms in total. The minimum Gasteiger partial charge on any atom is -0.478 e. The molecule has 0 aliphatic carbocycles. The van der Waals surface area contributed by atoms with E-state index in [1.807, 2.05) is 36.4 Å². The average Bonchev–Trinajstić information content (AvgIpc) is 3.57. The van der Waals surface area contributed by atoms with E-state index in [1.54, 1.807) is 54.9 Å². The van der Waals surface area contributed by atoms with E-state index in [-0.39, 0.29) is 11.3 Å². The lowest BCUT2D eigenvalue weighted by atomic mass is 9.82. The highest BCUT2D eigenvalue weighted by atomic mass is 32.2. The van der Waals surface area contributed by atoms with Crippen molar-refractivity contribution in [1.29, 1.82) is 0 Å². The van der Waals surface area contributed by atoms with Gasteiger partial charge in [-0.3, -0.25) is 5.10 Å². The second kappa shape index (κ2) is 16.0. The molecule has 0 saturated carbocycles. The summed E-state index contributed by atoms with van der Waals surface area (Å²) < 4.78 is 61.4. The molecule has 3 aromatic carbocycles. The van der Waals surface area contributed by atoms with Crippen molar-refractivity contribution < 1.29 is 46.2 Å². The summed E-state index contributed by atoms with van der Waals surface area (Å²) in [5, 5.41) is 28.4. The number of H-pyrrole nitrogens is 1. The Morgan fingerprint density at radius 3 is 2.18 bits per heavy atom. The highest BCUT2D eigenvalue weighted by molar-refractivity contribution is 7.89. The summed E-state index contributed by atoms with van der Waals surface area (Å²) in [7, 11) is -4.49. The van der Waals surface area contributed by atoms with Crippen LogP contribution < -0.4 is 10.0 Å². The van der Waals surface area contributed by atoms with Gasteiger partial charge in [-0.1, -0.05) is 54.6 Å². The maximum absolute atomic E-state index is 13.7. The van der Waals surface area contributed by atoms with Crippen LogP contribution in [0.25, 0.3) is 22.0 Å². The molecule has 17 heteroatoms. The number of benzene rings is 3. The topological polar surface area (TPSA) is 204 Å². The number of aliphatic imine (C=N–C) groups is 1. The van der Waals surface area contributed by atoms with Gasteiger partial charge in [0.25, 0.3) is 0 Å². The Kier molecular flexibility index (Phi) is 11.8. The molecule has 50 heavy (non-hydrogen) atoms. The third-order valence-electron chi connectivity index (χ3n) is 7.36. The van der Waals surface area contributed by atoms with E-state index in [0.29, 0.717) is 35.2 Å². The van der Waals surface area contributed by atoms with Gasteiger partial charge in [-0.05, 0) is 65.9 Å². The van der Waals surface area contributed by atoms with Crippen LogP contribution in [0.2, 0.25) is 0 Å². The van der Waals surface area contributed by atoms with Crippen molar-refractivity contribution in [1.82, 2.24) is 19.9 Å². The van der Waals surface area contributed by atoms with Crippen molar-refractivity contribution in [3.63, 3.8) is 0 Å². The van der Waals surface area contributed by atoms with Crippen molar-refractivity contribution >= 4 is 44.8 Å². The maximum Gasteiger partial charge on any atom is 0.490 e. The Hall–Kier alpha value is -5.90. The van der Waals surface area contributed by atoms with Crippen LogP contribution in [-0.4, -0.2) is 70.2 Å². The van der Waals surface area contributed by atoms with E-state index in [2.05, 4.69) is 30.2 Å². The Morgan fingerprint density at radius 1 is 0.920 bits per heavy atom. The van der Waals surface area contributed by atoms with E-state index < -0.39 is 39.7 Å². The van der Waals surface area contributed by atoms with Crippen molar-refractivity contribution in [2.24, 2.45) is 4.99 Å². The number of rotatable bonds is 13. The zero-order chi connectivity index (χ0) is 36.4. The molecule has 260 valence electrons. The Labute approximate surface area is 283 Å². The van der Waals surface area contributed by atoms with E-state index >= 15 is 0 Å². The first-order chi connectivity index (χ1) is 23.8. The van der Waals surface area contributed by atoms with Gasteiger partial charge in [0.05, 0.1) is 16.6 Å². The number of isocyanates is 1. The van der Waals surface area contributed by atoms with Gasteiger partial charge in [0, 0.05) is 24.0 Å². The largest absolute Gasteiger partial charge is 0.490 e. The summed E-state index contributed by atoms with van der Waals surface area (Å²) >= 11 is 0. The van der Waals surface area contributed by atoms with E-state index in [4.69, 9.17) is 9.90 Å². The lowest BCUT2D eigenvalue weighted by Gasteiger charge is -2.33. The number of hydrogen-bond donors (Lipinski definition) is 5. The van der Waals surface area contributed by atoms with Crippen LogP contribution in [0.15, 0.2) is 113 Å². The number of pyridine rings is 1. The number of hydrogen-bond acceptors (Lipinski definition) is 9. The summed E-state index contributed by atoms with van der Waals surface area (Å²) in [5.74, 6) is -4.87. The van der Waals surface area contributed by atoms with Gasteiger partial charge >= 0.3 is 18.1 Å². The van der Waals surface area contributed by atoms with Crippen molar-refractivity contribution in [2.75, 3.05) is 11.9 Å². The molecule has 5 aromatic rings. The fraction of sp³-hybridized carbons (Fsp3) is 0.182. The number of carboxylic acids is 2. The first-order valence-electron chi connectivity index (χ1n) is 14.7. The number of aromatic amines is 1. The minimum atomic E-state index is -5.08. The third kappa shape index (κ3) is 9.16. The molecule has 2 aromatic heterocycles. The first-order valence-corrected chi connectivity index (χ1v) is 16.1. The summed E-state index contributed by atoms with van der Waals surface area (Å²) in [6.45, 7) is 0.398. The van der Waals surface area contributed by atoms with Crippen LogP contribution in [-0.2, 0) is 24.4 Å². The molecular formula is C33H29F3N6O7S. The number of nitrogens with one attached hydrogen (secondary N) is 3. The number of sulfonamides is 1. The van der Waals surface area contributed by atoms with Crippen molar-refractivity contribution in [2.45, 2.75) is 35.5 Å². The monoisotopic (exact) mass is 710 g/mol. The highest BCUT2D eigenvalue weighted by Gasteiger charge is 2.50. The number of halogens is 3. The molecule has 2 atom stereocenters. The second-order valence-electron chi connectivity index (χ2n) is 10.6. The number of carbonyl (C=O) groups is 2. The molecule has 0 fully saturated rings. The molecule has 0 aliphatic heterocycles. The Morgan fingerprint density at radius 2 is 1.58 bits per heavy atom. The van der Waals surface area contributed by atoms with Gasteiger partial charge in [0.15, 0.2) is 0 Å². The van der Waals surface area contributed by atoms with E-state index in [1.165, 1.54) is 18.2 Å². The van der Waals surface area contributed by atoms with Gasteiger partial charge in [-0.2, -0.15) is 28.0 Å². The molecule has 5 rings (SSSR count). The van der Waals surface area contributed by atoms with Crippen LogP contribution in [0.1, 0.15) is 24.3 Å². The second-order valence-corrected chi connectivity index (χ2v) is 12.3. The summed E-state index contributed by atoms with van der Waals surface area (Å²) in [6.07, 6.45) is -0.0300. The molecule has 0 spiro atoms. The number of fused-ring (bicyclic) bond motifs is 1. The Bertz CT molecular complexity index is 2070. The number of anilines is 1. The molecule has 0 saturated heterocycles. The van der Waals surface area contributed by atoms with Crippen LogP contribution in [0.4, 0.5) is 19.0 Å².